The Kier molecular flexibility index (Phi) is 5.65. The average molecular weight is 375 g/mol. The largest absolute Gasteiger partial charge is 0.467 e. The Labute approximate surface area is 153 Å². The number of benzene rings is 2. The van der Waals surface area contributed by atoms with Gasteiger partial charge < -0.3 is 9.47 Å². The van der Waals surface area contributed by atoms with Crippen LogP contribution in [0.15, 0.2) is 60.7 Å². The van der Waals surface area contributed by atoms with Gasteiger partial charge in [0, 0.05) is 0 Å². The third-order valence-corrected chi connectivity index (χ3v) is 4.91. The number of carbonyl (C=O) groups excluding carboxylic acids is 2. The number of nitrogens with zero attached hydrogens (tertiary/aromatic N) is 1. The zero-order valence-electron chi connectivity index (χ0n) is 13.9. The maximum Gasteiger partial charge on any atom is 0.424 e. The van der Waals surface area contributed by atoms with Crippen LogP contribution in [0.2, 0.25) is 0 Å². The summed E-state index contributed by atoms with van der Waals surface area (Å²) in [4.78, 5) is 24.7. The highest BCUT2D eigenvalue weighted by atomic mass is 32.2. The fraction of sp³-hybridized carbons (Fsp3) is 0.222. The molecule has 7 nitrogen and oxygen atoms in total. The van der Waals surface area contributed by atoms with Gasteiger partial charge in [0.05, 0.1) is 7.11 Å². The number of esters is 1. The van der Waals surface area contributed by atoms with E-state index in [9.17, 15) is 13.8 Å². The van der Waals surface area contributed by atoms with Crippen molar-refractivity contribution in [1.29, 1.82) is 0 Å². The Bertz CT molecular complexity index is 798. The molecule has 26 heavy (non-hydrogen) atoms. The van der Waals surface area contributed by atoms with Crippen molar-refractivity contribution in [1.82, 2.24) is 4.31 Å². The zero-order chi connectivity index (χ0) is 18.5. The molecule has 136 valence electrons. The number of rotatable bonds is 4. The lowest BCUT2D eigenvalue weighted by molar-refractivity contribution is -0.146. The molecule has 8 heteroatoms. The number of hydrogen-bond donors (Lipinski definition) is 0. The van der Waals surface area contributed by atoms with E-state index in [1.54, 1.807) is 42.5 Å². The molecule has 0 aromatic heterocycles. The highest BCUT2D eigenvalue weighted by Gasteiger charge is 2.51. The number of carbonyl (C=O) groups is 2. The van der Waals surface area contributed by atoms with E-state index in [0.717, 1.165) is 9.87 Å². The first-order chi connectivity index (χ1) is 12.6. The summed E-state index contributed by atoms with van der Waals surface area (Å²) in [6.07, 6.45) is -1.82. The van der Waals surface area contributed by atoms with Gasteiger partial charge in [0.1, 0.15) is 12.7 Å². The fourth-order valence-electron chi connectivity index (χ4n) is 2.58. The molecule has 1 saturated heterocycles. The van der Waals surface area contributed by atoms with E-state index in [1.165, 1.54) is 7.11 Å². The van der Waals surface area contributed by atoms with Crippen LogP contribution in [0, 0.1) is 0 Å². The number of amides is 1. The summed E-state index contributed by atoms with van der Waals surface area (Å²) in [5.74, 6) is -0.735. The summed E-state index contributed by atoms with van der Waals surface area (Å²) in [7, 11) is 1.19. The second kappa shape index (κ2) is 8.11. The summed E-state index contributed by atoms with van der Waals surface area (Å²) in [6, 6.07) is 16.6. The highest BCUT2D eigenvalue weighted by molar-refractivity contribution is 7.78. The molecule has 0 bridgehead atoms. The third kappa shape index (κ3) is 3.76. The molecule has 0 saturated carbocycles. The molecule has 1 aliphatic rings. The minimum atomic E-state index is -2.17. The molecule has 0 spiro atoms. The van der Waals surface area contributed by atoms with Crippen LogP contribution in [0.1, 0.15) is 17.2 Å². The summed E-state index contributed by atoms with van der Waals surface area (Å²) < 4.78 is 28.5. The summed E-state index contributed by atoms with van der Waals surface area (Å²) in [5.41, 5.74) is 1.37. The Balaban J connectivity index is 1.81. The van der Waals surface area contributed by atoms with Crippen molar-refractivity contribution in [2.45, 2.75) is 18.8 Å². The van der Waals surface area contributed by atoms with E-state index in [-0.39, 0.29) is 6.61 Å². The Morgan fingerprint density at radius 3 is 2.31 bits per heavy atom. The standard InChI is InChI=1S/C18H17NO6S/c1-23-17(20)15-16(14-10-6-3-7-11-14)25-26(22)19(15)18(21)24-12-13-8-4-2-5-9-13/h2-11,15-16H,12H2,1H3/t15-,16-,26?/m0/s1. The van der Waals surface area contributed by atoms with Crippen LogP contribution in [0.25, 0.3) is 0 Å². The molecule has 2 aromatic rings. The Hall–Kier alpha value is -2.71. The van der Waals surface area contributed by atoms with Gasteiger partial charge in [-0.1, -0.05) is 60.7 Å². The molecular weight excluding hydrogens is 358 g/mol. The second-order valence-corrected chi connectivity index (χ2v) is 6.50. The lowest BCUT2D eigenvalue weighted by Gasteiger charge is -2.21. The molecule has 3 rings (SSSR count). The third-order valence-electron chi connectivity index (χ3n) is 3.84. The molecule has 1 aliphatic heterocycles. The SMILES string of the molecule is COC(=O)[C@@H]1[C@H](c2ccccc2)OS(=O)N1C(=O)OCc1ccccc1. The van der Waals surface area contributed by atoms with E-state index >= 15 is 0 Å². The Morgan fingerprint density at radius 2 is 1.69 bits per heavy atom. The highest BCUT2D eigenvalue weighted by Crippen LogP contribution is 2.35. The Morgan fingerprint density at radius 1 is 1.08 bits per heavy atom. The first-order valence-electron chi connectivity index (χ1n) is 7.83. The van der Waals surface area contributed by atoms with Gasteiger partial charge in [-0.05, 0) is 11.1 Å². The van der Waals surface area contributed by atoms with E-state index < -0.39 is 35.5 Å². The van der Waals surface area contributed by atoms with Crippen molar-refractivity contribution in [2.24, 2.45) is 0 Å². The quantitative estimate of drug-likeness (QED) is 0.764. The van der Waals surface area contributed by atoms with E-state index in [0.29, 0.717) is 5.56 Å². The van der Waals surface area contributed by atoms with Crippen LogP contribution in [-0.4, -0.2) is 33.7 Å². The van der Waals surface area contributed by atoms with Gasteiger partial charge in [0.15, 0.2) is 6.04 Å². The van der Waals surface area contributed by atoms with Crippen molar-refractivity contribution in [3.63, 3.8) is 0 Å². The van der Waals surface area contributed by atoms with Gasteiger partial charge in [-0.25, -0.2) is 13.8 Å². The molecule has 0 N–H and O–H groups in total. The van der Waals surface area contributed by atoms with Crippen molar-refractivity contribution in [3.8, 4) is 0 Å². The lowest BCUT2D eigenvalue weighted by atomic mass is 10.0. The molecular formula is C18H17NO6S. The molecule has 1 unspecified atom stereocenters. The second-order valence-electron chi connectivity index (χ2n) is 5.48. The van der Waals surface area contributed by atoms with E-state index in [2.05, 4.69) is 0 Å². The monoisotopic (exact) mass is 375 g/mol. The average Bonchev–Trinajstić information content (AvgIpc) is 3.04. The predicted octanol–water partition coefficient (Wildman–Crippen LogP) is 2.52. The van der Waals surface area contributed by atoms with Crippen LogP contribution in [0.5, 0.6) is 0 Å². The molecule has 0 radical (unpaired) electrons. The van der Waals surface area contributed by atoms with E-state index in [1.807, 2.05) is 18.2 Å². The van der Waals surface area contributed by atoms with Crippen LogP contribution < -0.4 is 0 Å². The summed E-state index contributed by atoms with van der Waals surface area (Å²) in [5, 5.41) is 0. The van der Waals surface area contributed by atoms with Crippen molar-refractivity contribution in [3.05, 3.63) is 71.8 Å². The molecule has 2 aromatic carbocycles. The van der Waals surface area contributed by atoms with Crippen molar-refractivity contribution < 1.29 is 27.5 Å². The maximum absolute atomic E-state index is 12.5. The lowest BCUT2D eigenvalue weighted by Crippen LogP contribution is -2.43. The first-order valence-corrected chi connectivity index (χ1v) is 8.86. The van der Waals surface area contributed by atoms with Gasteiger partial charge in [0.25, 0.3) is 11.3 Å². The van der Waals surface area contributed by atoms with Crippen LogP contribution in [0.4, 0.5) is 4.79 Å². The fourth-order valence-corrected chi connectivity index (χ4v) is 3.62. The predicted molar refractivity (Wildman–Crippen MR) is 92.7 cm³/mol. The van der Waals surface area contributed by atoms with Gasteiger partial charge in [-0.2, -0.15) is 4.31 Å². The summed E-state index contributed by atoms with van der Waals surface area (Å²) >= 11 is -2.17. The van der Waals surface area contributed by atoms with Gasteiger partial charge in [-0.3, -0.25) is 4.18 Å². The van der Waals surface area contributed by atoms with Crippen LogP contribution in [0.3, 0.4) is 0 Å². The van der Waals surface area contributed by atoms with Gasteiger partial charge in [0.2, 0.25) is 0 Å². The summed E-state index contributed by atoms with van der Waals surface area (Å²) in [6.45, 7) is -0.0166. The first kappa shape index (κ1) is 18.1. The van der Waals surface area contributed by atoms with Crippen LogP contribution >= 0.6 is 0 Å². The van der Waals surface area contributed by atoms with Crippen molar-refractivity contribution >= 4 is 23.3 Å². The normalized spacial score (nSPS) is 22.0. The minimum absolute atomic E-state index is 0.0166. The minimum Gasteiger partial charge on any atom is -0.467 e. The molecule has 0 aliphatic carbocycles. The molecule has 3 atom stereocenters. The topological polar surface area (TPSA) is 82.1 Å². The van der Waals surface area contributed by atoms with Crippen LogP contribution in [-0.2, 0) is 36.3 Å². The molecule has 1 fully saturated rings. The van der Waals surface area contributed by atoms with Gasteiger partial charge in [-0.15, -0.1) is 0 Å². The number of ether oxygens (including phenoxy) is 2. The van der Waals surface area contributed by atoms with Crippen molar-refractivity contribution in [2.75, 3.05) is 7.11 Å². The smallest absolute Gasteiger partial charge is 0.424 e. The zero-order valence-corrected chi connectivity index (χ0v) is 14.8. The number of hydrogen-bond acceptors (Lipinski definition) is 6. The van der Waals surface area contributed by atoms with E-state index in [4.69, 9.17) is 13.7 Å². The maximum atomic E-state index is 12.5. The molecule has 1 heterocycles. The number of methoxy groups -OCH3 is 1. The van der Waals surface area contributed by atoms with Gasteiger partial charge >= 0.3 is 12.1 Å². The molecule has 1 amide bonds.